The molecule has 0 aliphatic carbocycles. The van der Waals surface area contributed by atoms with Crippen LogP contribution in [0.2, 0.25) is 0 Å². The molecule has 1 aromatic heterocycles. The smallest absolute Gasteiger partial charge is 0.123 e. The van der Waals surface area contributed by atoms with Crippen LogP contribution in [-0.4, -0.2) is 14.9 Å². The summed E-state index contributed by atoms with van der Waals surface area (Å²) < 4.78 is 15.1. The molecule has 0 fully saturated rings. The van der Waals surface area contributed by atoms with E-state index in [4.69, 9.17) is 0 Å². The Morgan fingerprint density at radius 2 is 2.00 bits per heavy atom. The molecule has 102 valence electrons. The minimum atomic E-state index is -0.732. The normalized spacial score (nSPS) is 12.7. The van der Waals surface area contributed by atoms with Crippen molar-refractivity contribution in [2.45, 2.75) is 39.7 Å². The van der Waals surface area contributed by atoms with E-state index in [0.29, 0.717) is 5.56 Å². The van der Waals surface area contributed by atoms with Gasteiger partial charge in [0.05, 0.1) is 17.5 Å². The van der Waals surface area contributed by atoms with Gasteiger partial charge in [-0.1, -0.05) is 13.8 Å². The minimum absolute atomic E-state index is 0.347. The van der Waals surface area contributed by atoms with E-state index in [1.54, 1.807) is 17.7 Å². The van der Waals surface area contributed by atoms with Crippen LogP contribution in [0, 0.1) is 5.82 Å². The molecule has 0 radical (unpaired) electrons. The van der Waals surface area contributed by atoms with Gasteiger partial charge in [-0.05, 0) is 44.0 Å². The SMILES string of the molecule is CCc1cc(CC)n(-c2ccc(F)cc2[C@H](C)O)n1. The molecule has 3 nitrogen and oxygen atoms in total. The van der Waals surface area contributed by atoms with Crippen molar-refractivity contribution in [3.63, 3.8) is 0 Å². The van der Waals surface area contributed by atoms with E-state index < -0.39 is 6.10 Å². The van der Waals surface area contributed by atoms with Crippen molar-refractivity contribution in [3.05, 3.63) is 47.0 Å². The molecule has 0 amide bonds. The Morgan fingerprint density at radius 3 is 2.58 bits per heavy atom. The van der Waals surface area contributed by atoms with Crippen molar-refractivity contribution >= 4 is 0 Å². The van der Waals surface area contributed by atoms with Crippen molar-refractivity contribution in [2.24, 2.45) is 0 Å². The molecule has 1 N–H and O–H groups in total. The highest BCUT2D eigenvalue weighted by Crippen LogP contribution is 2.24. The molecule has 4 heteroatoms. The fraction of sp³-hybridized carbons (Fsp3) is 0.400. The highest BCUT2D eigenvalue weighted by atomic mass is 19.1. The molecule has 0 aliphatic rings. The van der Waals surface area contributed by atoms with Crippen LogP contribution in [-0.2, 0) is 12.8 Å². The number of rotatable bonds is 4. The summed E-state index contributed by atoms with van der Waals surface area (Å²) in [7, 11) is 0. The number of aliphatic hydroxyl groups is 1. The van der Waals surface area contributed by atoms with Gasteiger partial charge >= 0.3 is 0 Å². The second kappa shape index (κ2) is 5.53. The number of benzene rings is 1. The molecule has 2 rings (SSSR count). The zero-order valence-corrected chi connectivity index (χ0v) is 11.5. The third-order valence-corrected chi connectivity index (χ3v) is 3.23. The number of aryl methyl sites for hydroxylation is 2. The second-order valence-corrected chi connectivity index (χ2v) is 4.63. The first-order valence-corrected chi connectivity index (χ1v) is 6.62. The standard InChI is InChI=1S/C15H19FN2O/c1-4-12-9-13(5-2)18(17-12)15-7-6-11(16)8-14(15)10(3)19/h6-10,19H,4-5H2,1-3H3/t10-/m0/s1. The molecule has 2 aromatic rings. The minimum Gasteiger partial charge on any atom is -0.389 e. The molecule has 19 heavy (non-hydrogen) atoms. The lowest BCUT2D eigenvalue weighted by Gasteiger charge is -2.14. The monoisotopic (exact) mass is 262 g/mol. The Morgan fingerprint density at radius 1 is 1.26 bits per heavy atom. The number of halogens is 1. The van der Waals surface area contributed by atoms with Gasteiger partial charge in [0.15, 0.2) is 0 Å². The van der Waals surface area contributed by atoms with Crippen molar-refractivity contribution in [1.29, 1.82) is 0 Å². The molecule has 0 unspecified atom stereocenters. The van der Waals surface area contributed by atoms with Crippen molar-refractivity contribution in [2.75, 3.05) is 0 Å². The maximum Gasteiger partial charge on any atom is 0.123 e. The van der Waals surface area contributed by atoms with Gasteiger partial charge in [0.2, 0.25) is 0 Å². The Hall–Kier alpha value is -1.68. The molecule has 0 bridgehead atoms. The van der Waals surface area contributed by atoms with E-state index in [9.17, 15) is 9.50 Å². The van der Waals surface area contributed by atoms with Crippen LogP contribution in [0.3, 0.4) is 0 Å². The average molecular weight is 262 g/mol. The van der Waals surface area contributed by atoms with Crippen molar-refractivity contribution < 1.29 is 9.50 Å². The van der Waals surface area contributed by atoms with Gasteiger partial charge in [0.25, 0.3) is 0 Å². The van der Waals surface area contributed by atoms with Gasteiger partial charge in [0, 0.05) is 11.3 Å². The first-order valence-electron chi connectivity index (χ1n) is 6.62. The van der Waals surface area contributed by atoms with Gasteiger partial charge < -0.3 is 5.11 Å². The molecule has 1 aromatic carbocycles. The van der Waals surface area contributed by atoms with Gasteiger partial charge in [0.1, 0.15) is 5.82 Å². The highest BCUT2D eigenvalue weighted by molar-refractivity contribution is 5.43. The zero-order chi connectivity index (χ0) is 14.0. The van der Waals surface area contributed by atoms with E-state index in [-0.39, 0.29) is 5.82 Å². The third-order valence-electron chi connectivity index (χ3n) is 3.23. The zero-order valence-electron chi connectivity index (χ0n) is 11.5. The maximum absolute atomic E-state index is 13.3. The van der Waals surface area contributed by atoms with Crippen LogP contribution in [0.5, 0.6) is 0 Å². The topological polar surface area (TPSA) is 38.0 Å². The van der Waals surface area contributed by atoms with Gasteiger partial charge in [-0.15, -0.1) is 0 Å². The van der Waals surface area contributed by atoms with Crippen molar-refractivity contribution in [3.8, 4) is 5.69 Å². The summed E-state index contributed by atoms with van der Waals surface area (Å²) in [6.45, 7) is 5.74. The Labute approximate surface area is 112 Å². The molecular formula is C15H19FN2O. The van der Waals surface area contributed by atoms with Crippen LogP contribution in [0.15, 0.2) is 24.3 Å². The molecule has 0 saturated carbocycles. The predicted molar refractivity (Wildman–Crippen MR) is 72.9 cm³/mol. The summed E-state index contributed by atoms with van der Waals surface area (Å²) in [6.07, 6.45) is 0.958. The summed E-state index contributed by atoms with van der Waals surface area (Å²) in [5, 5.41) is 14.3. The fourth-order valence-electron chi connectivity index (χ4n) is 2.16. The highest BCUT2D eigenvalue weighted by Gasteiger charge is 2.15. The molecule has 0 aliphatic heterocycles. The van der Waals surface area contributed by atoms with E-state index in [0.717, 1.165) is 29.9 Å². The van der Waals surface area contributed by atoms with Gasteiger partial charge in [-0.25, -0.2) is 9.07 Å². The quantitative estimate of drug-likeness (QED) is 0.919. The Balaban J connectivity index is 2.60. The average Bonchev–Trinajstić information content (AvgIpc) is 2.81. The van der Waals surface area contributed by atoms with Crippen LogP contribution in [0.4, 0.5) is 4.39 Å². The number of nitrogens with zero attached hydrogens (tertiary/aromatic N) is 2. The summed E-state index contributed by atoms with van der Waals surface area (Å²) >= 11 is 0. The molecule has 1 atom stereocenters. The third kappa shape index (κ3) is 2.68. The molecular weight excluding hydrogens is 243 g/mol. The lowest BCUT2D eigenvalue weighted by atomic mass is 10.1. The predicted octanol–water partition coefficient (Wildman–Crippen LogP) is 3.19. The van der Waals surface area contributed by atoms with E-state index in [1.165, 1.54) is 12.1 Å². The lowest BCUT2D eigenvalue weighted by Crippen LogP contribution is -2.07. The summed E-state index contributed by atoms with van der Waals surface area (Å²) in [5.41, 5.74) is 3.36. The van der Waals surface area contributed by atoms with Crippen LogP contribution >= 0.6 is 0 Å². The maximum atomic E-state index is 13.3. The summed E-state index contributed by atoms with van der Waals surface area (Å²) in [4.78, 5) is 0. The van der Waals surface area contributed by atoms with E-state index >= 15 is 0 Å². The van der Waals surface area contributed by atoms with Gasteiger partial charge in [-0.2, -0.15) is 5.10 Å². The molecule has 1 heterocycles. The second-order valence-electron chi connectivity index (χ2n) is 4.63. The van der Waals surface area contributed by atoms with Gasteiger partial charge in [-0.3, -0.25) is 0 Å². The molecule has 0 spiro atoms. The Kier molecular flexibility index (Phi) is 4.00. The number of aliphatic hydroxyl groups excluding tert-OH is 1. The summed E-state index contributed by atoms with van der Waals surface area (Å²) in [5.74, 6) is -0.347. The fourth-order valence-corrected chi connectivity index (χ4v) is 2.16. The lowest BCUT2D eigenvalue weighted by molar-refractivity contribution is 0.198. The van der Waals surface area contributed by atoms with Crippen LogP contribution in [0.1, 0.15) is 43.8 Å². The van der Waals surface area contributed by atoms with E-state index in [2.05, 4.69) is 18.1 Å². The number of hydrogen-bond acceptors (Lipinski definition) is 2. The van der Waals surface area contributed by atoms with E-state index in [1.807, 2.05) is 6.92 Å². The first kappa shape index (κ1) is 13.7. The van der Waals surface area contributed by atoms with Crippen LogP contribution < -0.4 is 0 Å². The largest absolute Gasteiger partial charge is 0.389 e. The summed E-state index contributed by atoms with van der Waals surface area (Å²) in [6, 6.07) is 6.48. The van der Waals surface area contributed by atoms with Crippen molar-refractivity contribution in [1.82, 2.24) is 9.78 Å². The number of hydrogen-bond donors (Lipinski definition) is 1. The van der Waals surface area contributed by atoms with Crippen LogP contribution in [0.25, 0.3) is 5.69 Å². The first-order chi connectivity index (χ1) is 9.06. The molecule has 0 saturated heterocycles. The Bertz CT molecular complexity index is 576. The number of aromatic nitrogens is 2.